The number of carbonyl (C=O) groups is 2. The summed E-state index contributed by atoms with van der Waals surface area (Å²) in [6, 6.07) is 23.8. The molecule has 160 valence electrons. The Morgan fingerprint density at radius 1 is 0.871 bits per heavy atom. The molecule has 0 aliphatic heterocycles. The molecule has 1 unspecified atom stereocenters. The summed E-state index contributed by atoms with van der Waals surface area (Å²) in [7, 11) is 0. The van der Waals surface area contributed by atoms with Crippen molar-refractivity contribution < 1.29 is 19.4 Å². The van der Waals surface area contributed by atoms with Crippen molar-refractivity contribution in [2.24, 2.45) is 0 Å². The lowest BCUT2D eigenvalue weighted by molar-refractivity contribution is -0.127. The minimum Gasteiger partial charge on any atom is -0.508 e. The van der Waals surface area contributed by atoms with Gasteiger partial charge in [-0.05, 0) is 54.8 Å². The Hall–Kier alpha value is -3.80. The largest absolute Gasteiger partial charge is 0.508 e. The third-order valence-electron chi connectivity index (χ3n) is 4.69. The molecule has 0 aliphatic carbocycles. The van der Waals surface area contributed by atoms with Crippen LogP contribution in [0.4, 0.5) is 0 Å². The van der Waals surface area contributed by atoms with E-state index in [0.717, 1.165) is 11.1 Å². The molecule has 31 heavy (non-hydrogen) atoms. The fourth-order valence-corrected chi connectivity index (χ4v) is 3.01. The van der Waals surface area contributed by atoms with Gasteiger partial charge in [0.2, 0.25) is 0 Å². The van der Waals surface area contributed by atoms with Gasteiger partial charge >= 0.3 is 0 Å². The molecule has 0 saturated heterocycles. The molecular weight excluding hydrogens is 392 g/mol. The fourth-order valence-electron chi connectivity index (χ4n) is 3.01. The van der Waals surface area contributed by atoms with Crippen molar-refractivity contribution >= 4 is 11.8 Å². The van der Waals surface area contributed by atoms with Gasteiger partial charge in [0.1, 0.15) is 11.5 Å². The van der Waals surface area contributed by atoms with Crippen LogP contribution in [0.15, 0.2) is 78.9 Å². The molecule has 0 spiro atoms. The van der Waals surface area contributed by atoms with Crippen LogP contribution in [-0.4, -0.2) is 36.1 Å². The maximum atomic E-state index is 12.2. The Labute approximate surface area is 181 Å². The van der Waals surface area contributed by atoms with E-state index in [1.165, 1.54) is 12.1 Å². The normalized spacial score (nSPS) is 11.4. The zero-order chi connectivity index (χ0) is 22.1. The maximum absolute atomic E-state index is 12.2. The van der Waals surface area contributed by atoms with E-state index in [2.05, 4.69) is 10.6 Å². The van der Waals surface area contributed by atoms with Gasteiger partial charge in [-0.3, -0.25) is 9.59 Å². The molecular formula is C25H26N2O4. The van der Waals surface area contributed by atoms with Crippen molar-refractivity contribution in [2.45, 2.75) is 19.4 Å². The first-order chi connectivity index (χ1) is 15.0. The van der Waals surface area contributed by atoms with Gasteiger partial charge in [-0.25, -0.2) is 0 Å². The monoisotopic (exact) mass is 418 g/mol. The van der Waals surface area contributed by atoms with Crippen LogP contribution in [0.25, 0.3) is 11.1 Å². The minimum absolute atomic E-state index is 0.0450. The molecule has 0 radical (unpaired) electrons. The molecule has 1 atom stereocenters. The molecule has 2 amide bonds. The summed E-state index contributed by atoms with van der Waals surface area (Å²) < 4.78 is 5.73. The van der Waals surface area contributed by atoms with E-state index in [0.29, 0.717) is 30.8 Å². The average molecular weight is 418 g/mol. The topological polar surface area (TPSA) is 87.7 Å². The Morgan fingerprint density at radius 2 is 1.55 bits per heavy atom. The Balaban J connectivity index is 1.37. The van der Waals surface area contributed by atoms with Crippen molar-refractivity contribution in [1.29, 1.82) is 0 Å². The first-order valence-electron chi connectivity index (χ1n) is 10.2. The van der Waals surface area contributed by atoms with Gasteiger partial charge < -0.3 is 20.5 Å². The number of phenolic OH excluding ortho intramolecular Hbond substituents is 1. The van der Waals surface area contributed by atoms with Crippen molar-refractivity contribution in [3.05, 3.63) is 84.4 Å². The number of hydrogen-bond donors (Lipinski definition) is 3. The number of phenols is 1. The summed E-state index contributed by atoms with van der Waals surface area (Å²) in [6.07, 6.45) is -0.0566. The molecule has 0 saturated carbocycles. The van der Waals surface area contributed by atoms with E-state index >= 15 is 0 Å². The zero-order valence-electron chi connectivity index (χ0n) is 17.4. The maximum Gasteiger partial charge on any atom is 0.260 e. The number of benzene rings is 3. The highest BCUT2D eigenvalue weighted by Gasteiger charge is 2.14. The summed E-state index contributed by atoms with van der Waals surface area (Å²) in [4.78, 5) is 24.2. The number of ether oxygens (including phenoxy) is 1. The number of amides is 2. The standard InChI is InChI=1S/C25H26N2O4/c1-18(31-23-13-11-20(12-14-23)19-7-3-2-4-8-19)24(29)26-15-6-16-27-25(30)21-9-5-10-22(28)17-21/h2-5,7-14,17-18,28H,6,15-16H2,1H3,(H,26,29)(H,27,30). The summed E-state index contributed by atoms with van der Waals surface area (Å²) in [5.41, 5.74) is 2.60. The fraction of sp³-hybridized carbons (Fsp3) is 0.200. The summed E-state index contributed by atoms with van der Waals surface area (Å²) in [6.45, 7) is 2.52. The molecule has 3 rings (SSSR count). The van der Waals surface area contributed by atoms with Crippen LogP contribution >= 0.6 is 0 Å². The van der Waals surface area contributed by atoms with Crippen molar-refractivity contribution in [3.8, 4) is 22.6 Å². The molecule has 0 bridgehead atoms. The van der Waals surface area contributed by atoms with E-state index in [-0.39, 0.29) is 17.6 Å². The van der Waals surface area contributed by atoms with Gasteiger partial charge in [0.05, 0.1) is 0 Å². The molecule has 3 aromatic carbocycles. The van der Waals surface area contributed by atoms with Gasteiger partial charge in [-0.1, -0.05) is 48.5 Å². The summed E-state index contributed by atoms with van der Waals surface area (Å²) in [5.74, 6) is 0.189. The number of carbonyl (C=O) groups excluding carboxylic acids is 2. The van der Waals surface area contributed by atoms with E-state index in [4.69, 9.17) is 4.74 Å². The second-order valence-corrected chi connectivity index (χ2v) is 7.10. The summed E-state index contributed by atoms with van der Waals surface area (Å²) >= 11 is 0. The van der Waals surface area contributed by atoms with Crippen LogP contribution in [0, 0.1) is 0 Å². The molecule has 3 aromatic rings. The molecule has 0 aliphatic rings. The number of rotatable bonds is 9. The number of hydrogen-bond acceptors (Lipinski definition) is 4. The molecule has 3 N–H and O–H groups in total. The quantitative estimate of drug-likeness (QED) is 0.462. The SMILES string of the molecule is CC(Oc1ccc(-c2ccccc2)cc1)C(=O)NCCCNC(=O)c1cccc(O)c1. The van der Waals surface area contributed by atoms with Crippen LogP contribution in [0.1, 0.15) is 23.7 Å². The van der Waals surface area contributed by atoms with E-state index in [9.17, 15) is 14.7 Å². The van der Waals surface area contributed by atoms with Crippen LogP contribution in [0.2, 0.25) is 0 Å². The van der Waals surface area contributed by atoms with Gasteiger partial charge in [-0.15, -0.1) is 0 Å². The lowest BCUT2D eigenvalue weighted by Crippen LogP contribution is -2.37. The second kappa shape index (κ2) is 10.8. The van der Waals surface area contributed by atoms with E-state index in [1.807, 2.05) is 54.6 Å². The van der Waals surface area contributed by atoms with Crippen molar-refractivity contribution in [2.75, 3.05) is 13.1 Å². The van der Waals surface area contributed by atoms with E-state index < -0.39 is 6.10 Å². The Bertz CT molecular complexity index is 1000. The first-order valence-corrected chi connectivity index (χ1v) is 10.2. The lowest BCUT2D eigenvalue weighted by atomic mass is 10.1. The van der Waals surface area contributed by atoms with Gasteiger partial charge in [0.15, 0.2) is 6.10 Å². The molecule has 0 aromatic heterocycles. The molecule has 6 heteroatoms. The van der Waals surface area contributed by atoms with Crippen LogP contribution in [0.5, 0.6) is 11.5 Å². The van der Waals surface area contributed by atoms with Gasteiger partial charge in [-0.2, -0.15) is 0 Å². The first kappa shape index (κ1) is 21.9. The van der Waals surface area contributed by atoms with Gasteiger partial charge in [0.25, 0.3) is 11.8 Å². The second-order valence-electron chi connectivity index (χ2n) is 7.10. The highest BCUT2D eigenvalue weighted by molar-refractivity contribution is 5.94. The Kier molecular flexibility index (Phi) is 7.65. The predicted octanol–water partition coefficient (Wildman–Crippen LogP) is 3.76. The highest BCUT2D eigenvalue weighted by atomic mass is 16.5. The lowest BCUT2D eigenvalue weighted by Gasteiger charge is -2.15. The van der Waals surface area contributed by atoms with E-state index in [1.54, 1.807) is 19.1 Å². The summed E-state index contributed by atoms with van der Waals surface area (Å²) in [5, 5.41) is 15.0. The molecule has 0 fully saturated rings. The van der Waals surface area contributed by atoms with Crippen molar-refractivity contribution in [3.63, 3.8) is 0 Å². The third kappa shape index (κ3) is 6.60. The number of nitrogens with one attached hydrogen (secondary N) is 2. The predicted molar refractivity (Wildman–Crippen MR) is 120 cm³/mol. The van der Waals surface area contributed by atoms with Crippen molar-refractivity contribution in [1.82, 2.24) is 10.6 Å². The molecule has 6 nitrogen and oxygen atoms in total. The molecule has 0 heterocycles. The zero-order valence-corrected chi connectivity index (χ0v) is 17.4. The minimum atomic E-state index is -0.635. The van der Waals surface area contributed by atoms with Crippen LogP contribution in [-0.2, 0) is 4.79 Å². The number of aromatic hydroxyl groups is 1. The Morgan fingerprint density at radius 3 is 2.26 bits per heavy atom. The third-order valence-corrected chi connectivity index (χ3v) is 4.69. The van der Waals surface area contributed by atoms with Crippen LogP contribution in [0.3, 0.4) is 0 Å². The van der Waals surface area contributed by atoms with Gasteiger partial charge in [0, 0.05) is 18.7 Å². The highest BCUT2D eigenvalue weighted by Crippen LogP contribution is 2.22. The smallest absolute Gasteiger partial charge is 0.260 e. The average Bonchev–Trinajstić information content (AvgIpc) is 2.79. The van der Waals surface area contributed by atoms with Crippen LogP contribution < -0.4 is 15.4 Å².